The lowest BCUT2D eigenvalue weighted by Crippen LogP contribution is -2.11. The molecule has 0 aromatic carbocycles. The summed E-state index contributed by atoms with van der Waals surface area (Å²) in [4.78, 5) is 4.26. The van der Waals surface area contributed by atoms with Gasteiger partial charge in [0.2, 0.25) is 11.7 Å². The maximum atomic E-state index is 5.95. The summed E-state index contributed by atoms with van der Waals surface area (Å²) < 4.78 is 10.4. The molecule has 0 spiro atoms. The summed E-state index contributed by atoms with van der Waals surface area (Å²) in [6.07, 6.45) is 4.46. The Hall–Kier alpha value is -1.27. The van der Waals surface area contributed by atoms with Crippen LogP contribution in [-0.4, -0.2) is 22.1 Å². The van der Waals surface area contributed by atoms with Gasteiger partial charge in [0.15, 0.2) is 5.76 Å². The van der Waals surface area contributed by atoms with Crippen LogP contribution in [0.5, 0.6) is 0 Å². The number of hydrogen-bond donors (Lipinski definition) is 1. The molecule has 5 nitrogen and oxygen atoms in total. The van der Waals surface area contributed by atoms with Crippen LogP contribution < -0.4 is 5.73 Å². The van der Waals surface area contributed by atoms with Crippen LogP contribution >= 0.6 is 11.8 Å². The van der Waals surface area contributed by atoms with Crippen LogP contribution in [-0.2, 0) is 0 Å². The van der Waals surface area contributed by atoms with Crippen LogP contribution in [0.25, 0.3) is 11.6 Å². The van der Waals surface area contributed by atoms with Gasteiger partial charge in [0.05, 0.1) is 12.3 Å². The van der Waals surface area contributed by atoms with Gasteiger partial charge in [-0.15, -0.1) is 0 Å². The maximum absolute atomic E-state index is 5.95. The summed E-state index contributed by atoms with van der Waals surface area (Å²) in [5.41, 5.74) is 6.93. The molecule has 2 aromatic rings. The lowest BCUT2D eigenvalue weighted by molar-refractivity contribution is 0.352. The van der Waals surface area contributed by atoms with Crippen LogP contribution in [0.2, 0.25) is 0 Å². The van der Waals surface area contributed by atoms with Crippen LogP contribution in [0, 0.1) is 6.92 Å². The van der Waals surface area contributed by atoms with Crippen LogP contribution in [0.3, 0.4) is 0 Å². The van der Waals surface area contributed by atoms with Crippen molar-refractivity contribution in [1.29, 1.82) is 0 Å². The van der Waals surface area contributed by atoms with Crippen molar-refractivity contribution in [3.05, 3.63) is 23.8 Å². The molecule has 1 atom stereocenters. The van der Waals surface area contributed by atoms with E-state index in [2.05, 4.69) is 10.1 Å². The van der Waals surface area contributed by atoms with Gasteiger partial charge in [-0.05, 0) is 37.0 Å². The van der Waals surface area contributed by atoms with E-state index in [-0.39, 0.29) is 6.04 Å². The highest BCUT2D eigenvalue weighted by molar-refractivity contribution is 7.98. The Morgan fingerprint density at radius 3 is 3.00 bits per heavy atom. The Bertz CT molecular complexity index is 481. The van der Waals surface area contributed by atoms with Gasteiger partial charge >= 0.3 is 0 Å². The molecule has 0 aliphatic heterocycles. The SMILES string of the molecule is CSCCC(N)c1nc(-c2occc2C)no1. The molecule has 2 rings (SSSR count). The highest BCUT2D eigenvalue weighted by atomic mass is 32.2. The molecule has 2 heterocycles. The molecule has 17 heavy (non-hydrogen) atoms. The zero-order valence-corrected chi connectivity index (χ0v) is 10.7. The lowest BCUT2D eigenvalue weighted by atomic mass is 10.2. The first kappa shape index (κ1) is 12.2. The first-order valence-electron chi connectivity index (χ1n) is 5.35. The minimum Gasteiger partial charge on any atom is -0.461 e. The van der Waals surface area contributed by atoms with Crippen molar-refractivity contribution < 1.29 is 8.94 Å². The second kappa shape index (κ2) is 5.37. The summed E-state index contributed by atoms with van der Waals surface area (Å²) >= 11 is 1.74. The molecule has 0 saturated heterocycles. The third-order valence-corrected chi connectivity index (χ3v) is 3.10. The van der Waals surface area contributed by atoms with Crippen molar-refractivity contribution >= 4 is 11.8 Å². The number of thioether (sulfide) groups is 1. The predicted molar refractivity (Wildman–Crippen MR) is 66.7 cm³/mol. The van der Waals surface area contributed by atoms with Crippen molar-refractivity contribution in [2.45, 2.75) is 19.4 Å². The van der Waals surface area contributed by atoms with Gasteiger partial charge in [-0.25, -0.2) is 0 Å². The van der Waals surface area contributed by atoms with Gasteiger partial charge in [-0.3, -0.25) is 0 Å². The largest absolute Gasteiger partial charge is 0.461 e. The Balaban J connectivity index is 2.13. The highest BCUT2D eigenvalue weighted by Gasteiger charge is 2.17. The van der Waals surface area contributed by atoms with Crippen molar-refractivity contribution in [3.8, 4) is 11.6 Å². The minimum atomic E-state index is -0.209. The highest BCUT2D eigenvalue weighted by Crippen LogP contribution is 2.23. The number of furan rings is 1. The van der Waals surface area contributed by atoms with Gasteiger partial charge in [0.1, 0.15) is 0 Å². The van der Waals surface area contributed by atoms with Crippen LogP contribution in [0.4, 0.5) is 0 Å². The van der Waals surface area contributed by atoms with Gasteiger partial charge in [0, 0.05) is 0 Å². The first-order chi connectivity index (χ1) is 8.22. The quantitative estimate of drug-likeness (QED) is 0.881. The summed E-state index contributed by atoms with van der Waals surface area (Å²) in [6, 6.07) is 1.65. The van der Waals surface area contributed by atoms with E-state index in [1.54, 1.807) is 18.0 Å². The molecule has 0 aliphatic rings. The van der Waals surface area contributed by atoms with Crippen LogP contribution in [0.1, 0.15) is 23.9 Å². The number of hydrogen-bond acceptors (Lipinski definition) is 6. The fourth-order valence-electron chi connectivity index (χ4n) is 1.45. The molecule has 92 valence electrons. The molecule has 2 N–H and O–H groups in total. The number of rotatable bonds is 5. The second-order valence-electron chi connectivity index (χ2n) is 3.78. The summed E-state index contributed by atoms with van der Waals surface area (Å²) in [5.74, 6) is 2.53. The molecule has 0 amide bonds. The summed E-state index contributed by atoms with van der Waals surface area (Å²) in [6.45, 7) is 1.93. The maximum Gasteiger partial charge on any atom is 0.244 e. The van der Waals surface area contributed by atoms with Crippen molar-refractivity contribution in [3.63, 3.8) is 0 Å². The van der Waals surface area contributed by atoms with Crippen molar-refractivity contribution in [2.24, 2.45) is 5.73 Å². The van der Waals surface area contributed by atoms with Gasteiger partial charge in [-0.2, -0.15) is 16.7 Å². The molecule has 1 unspecified atom stereocenters. The van der Waals surface area contributed by atoms with E-state index >= 15 is 0 Å². The normalized spacial score (nSPS) is 12.9. The molecule has 0 bridgehead atoms. The van der Waals surface area contributed by atoms with E-state index in [1.165, 1.54) is 0 Å². The summed E-state index contributed by atoms with van der Waals surface area (Å²) in [5, 5.41) is 3.88. The Morgan fingerprint density at radius 2 is 2.35 bits per heavy atom. The van der Waals surface area contributed by atoms with E-state index < -0.39 is 0 Å². The topological polar surface area (TPSA) is 78.1 Å². The number of aryl methyl sites for hydroxylation is 1. The first-order valence-corrected chi connectivity index (χ1v) is 6.74. The predicted octanol–water partition coefficient (Wildman–Crippen LogP) is 2.39. The zero-order valence-electron chi connectivity index (χ0n) is 9.84. The third-order valence-electron chi connectivity index (χ3n) is 2.46. The van der Waals surface area contributed by atoms with Gasteiger partial charge in [-0.1, -0.05) is 5.16 Å². The molecular weight excluding hydrogens is 238 g/mol. The summed E-state index contributed by atoms with van der Waals surface area (Å²) in [7, 11) is 0. The molecular formula is C11H15N3O2S. The van der Waals surface area contributed by atoms with E-state index in [4.69, 9.17) is 14.7 Å². The van der Waals surface area contributed by atoms with Crippen LogP contribution in [0.15, 0.2) is 21.3 Å². The van der Waals surface area contributed by atoms with Crippen molar-refractivity contribution in [1.82, 2.24) is 10.1 Å². The number of nitrogens with two attached hydrogens (primary N) is 1. The number of nitrogens with zero attached hydrogens (tertiary/aromatic N) is 2. The van der Waals surface area contributed by atoms with Gasteiger partial charge in [0.25, 0.3) is 0 Å². The van der Waals surface area contributed by atoms with Crippen molar-refractivity contribution in [2.75, 3.05) is 12.0 Å². The van der Waals surface area contributed by atoms with Gasteiger partial charge < -0.3 is 14.7 Å². The molecule has 0 radical (unpaired) electrons. The molecule has 0 saturated carbocycles. The van der Waals surface area contributed by atoms with E-state index in [0.29, 0.717) is 17.5 Å². The lowest BCUT2D eigenvalue weighted by Gasteiger charge is -2.03. The Kier molecular flexibility index (Phi) is 3.86. The molecule has 0 aliphatic carbocycles. The van der Waals surface area contributed by atoms with E-state index in [1.807, 2.05) is 19.2 Å². The average molecular weight is 253 g/mol. The fourth-order valence-corrected chi connectivity index (χ4v) is 1.94. The zero-order chi connectivity index (χ0) is 12.3. The smallest absolute Gasteiger partial charge is 0.244 e. The van der Waals surface area contributed by atoms with E-state index in [0.717, 1.165) is 17.7 Å². The standard InChI is InChI=1S/C11H15N3O2S/c1-7-3-5-15-9(7)10-13-11(16-14-10)8(12)4-6-17-2/h3,5,8H,4,6,12H2,1-2H3. The Labute approximate surface area is 104 Å². The third kappa shape index (κ3) is 2.70. The minimum absolute atomic E-state index is 0.209. The molecule has 6 heteroatoms. The Morgan fingerprint density at radius 1 is 1.53 bits per heavy atom. The average Bonchev–Trinajstić information content (AvgIpc) is 2.93. The monoisotopic (exact) mass is 253 g/mol. The fraction of sp³-hybridized carbons (Fsp3) is 0.455. The number of aromatic nitrogens is 2. The van der Waals surface area contributed by atoms with E-state index in [9.17, 15) is 0 Å². The second-order valence-corrected chi connectivity index (χ2v) is 4.76. The molecule has 0 fully saturated rings. The molecule has 2 aromatic heterocycles.